The van der Waals surface area contributed by atoms with Crippen LogP contribution in [0.15, 0.2) is 0 Å². The minimum atomic E-state index is 0.274. The molecule has 3 nitrogen and oxygen atoms in total. The largest absolute Gasteiger partial charge is 0.395 e. The third-order valence-corrected chi connectivity index (χ3v) is 3.84. The van der Waals surface area contributed by atoms with Crippen LogP contribution in [-0.2, 0) is 0 Å². The zero-order valence-corrected chi connectivity index (χ0v) is 11.6. The molecule has 0 aromatic heterocycles. The van der Waals surface area contributed by atoms with E-state index in [9.17, 15) is 0 Å². The van der Waals surface area contributed by atoms with Crippen LogP contribution in [0.5, 0.6) is 0 Å². The highest BCUT2D eigenvalue weighted by atomic mass is 16.3. The molecule has 0 aliphatic heterocycles. The fourth-order valence-electron chi connectivity index (χ4n) is 2.86. The summed E-state index contributed by atoms with van der Waals surface area (Å²) >= 11 is 0. The molecule has 1 rings (SSSR count). The summed E-state index contributed by atoms with van der Waals surface area (Å²) in [5.74, 6) is 0.764. The molecule has 1 saturated carbocycles. The van der Waals surface area contributed by atoms with E-state index in [1.807, 2.05) is 0 Å². The summed E-state index contributed by atoms with van der Waals surface area (Å²) in [7, 11) is 2.12. The number of rotatable bonds is 7. The van der Waals surface area contributed by atoms with E-state index in [0.29, 0.717) is 6.04 Å². The summed E-state index contributed by atoms with van der Waals surface area (Å²) in [6.45, 7) is 5.58. The molecule has 2 unspecified atom stereocenters. The minimum absolute atomic E-state index is 0.274. The van der Waals surface area contributed by atoms with Crippen molar-refractivity contribution < 1.29 is 5.11 Å². The number of aliphatic hydroxyl groups excluding tert-OH is 1. The molecule has 0 spiro atoms. The fraction of sp³-hybridized carbons (Fsp3) is 1.00. The summed E-state index contributed by atoms with van der Waals surface area (Å²) in [5, 5.41) is 12.7. The zero-order chi connectivity index (χ0) is 12.5. The topological polar surface area (TPSA) is 35.5 Å². The maximum atomic E-state index is 8.97. The number of aliphatic hydroxyl groups is 1. The average Bonchev–Trinajstić information content (AvgIpc) is 2.52. The van der Waals surface area contributed by atoms with Gasteiger partial charge in [0.05, 0.1) is 6.61 Å². The highest BCUT2D eigenvalue weighted by Gasteiger charge is 2.23. The summed E-state index contributed by atoms with van der Waals surface area (Å²) in [4.78, 5) is 2.27. The van der Waals surface area contributed by atoms with E-state index >= 15 is 0 Å². The lowest BCUT2D eigenvalue weighted by Crippen LogP contribution is -2.41. The van der Waals surface area contributed by atoms with E-state index in [2.05, 4.69) is 24.2 Å². The predicted molar refractivity (Wildman–Crippen MR) is 73.2 cm³/mol. The van der Waals surface area contributed by atoms with E-state index in [0.717, 1.165) is 25.6 Å². The van der Waals surface area contributed by atoms with Gasteiger partial charge in [-0.2, -0.15) is 0 Å². The first-order valence-corrected chi connectivity index (χ1v) is 7.30. The van der Waals surface area contributed by atoms with E-state index in [1.54, 1.807) is 0 Å². The summed E-state index contributed by atoms with van der Waals surface area (Å²) in [6.07, 6.45) is 8.04. The average molecular weight is 242 g/mol. The second-order valence-corrected chi connectivity index (χ2v) is 5.44. The third-order valence-electron chi connectivity index (χ3n) is 3.84. The second-order valence-electron chi connectivity index (χ2n) is 5.44. The first-order valence-electron chi connectivity index (χ1n) is 7.30. The monoisotopic (exact) mass is 242 g/mol. The smallest absolute Gasteiger partial charge is 0.0558 e. The van der Waals surface area contributed by atoms with Gasteiger partial charge in [-0.3, -0.25) is 0 Å². The molecule has 1 fully saturated rings. The Hall–Kier alpha value is -0.120. The fourth-order valence-corrected chi connectivity index (χ4v) is 2.86. The van der Waals surface area contributed by atoms with E-state index in [-0.39, 0.29) is 6.61 Å². The normalized spacial score (nSPS) is 26.1. The van der Waals surface area contributed by atoms with Crippen LogP contribution in [0.1, 0.15) is 45.4 Å². The van der Waals surface area contributed by atoms with Crippen LogP contribution in [0.3, 0.4) is 0 Å². The molecule has 1 aliphatic rings. The van der Waals surface area contributed by atoms with Gasteiger partial charge in [-0.1, -0.05) is 26.2 Å². The summed E-state index contributed by atoms with van der Waals surface area (Å²) in [5.41, 5.74) is 0. The van der Waals surface area contributed by atoms with Crippen molar-refractivity contribution in [1.29, 1.82) is 0 Å². The highest BCUT2D eigenvalue weighted by Crippen LogP contribution is 2.24. The standard InChI is InChI=1S/C14H30N2O/c1-3-9-15-14-8-6-4-5-7-13(14)12-16(2)10-11-17/h13-15,17H,3-12H2,1-2H3. The lowest BCUT2D eigenvalue weighted by atomic mass is 9.94. The van der Waals surface area contributed by atoms with Crippen molar-refractivity contribution in [2.75, 3.05) is 33.3 Å². The van der Waals surface area contributed by atoms with Gasteiger partial charge in [0.25, 0.3) is 0 Å². The Morgan fingerprint density at radius 1 is 1.24 bits per heavy atom. The molecule has 2 N–H and O–H groups in total. The first kappa shape index (κ1) is 14.9. The molecule has 0 saturated heterocycles. The maximum Gasteiger partial charge on any atom is 0.0558 e. The molecule has 0 amide bonds. The second kappa shape index (κ2) is 8.90. The summed E-state index contributed by atoms with van der Waals surface area (Å²) < 4.78 is 0. The van der Waals surface area contributed by atoms with Crippen LogP contribution in [0.4, 0.5) is 0 Å². The van der Waals surface area contributed by atoms with Crippen molar-refractivity contribution >= 4 is 0 Å². The quantitative estimate of drug-likeness (QED) is 0.669. The van der Waals surface area contributed by atoms with Crippen LogP contribution in [0, 0.1) is 5.92 Å². The van der Waals surface area contributed by atoms with Crippen molar-refractivity contribution in [2.24, 2.45) is 5.92 Å². The first-order chi connectivity index (χ1) is 8.27. The van der Waals surface area contributed by atoms with Crippen molar-refractivity contribution in [3.63, 3.8) is 0 Å². The Balaban J connectivity index is 2.43. The van der Waals surface area contributed by atoms with Gasteiger partial charge in [0.1, 0.15) is 0 Å². The number of nitrogens with one attached hydrogen (secondary N) is 1. The molecule has 102 valence electrons. The number of hydrogen-bond donors (Lipinski definition) is 2. The molecule has 1 aliphatic carbocycles. The van der Waals surface area contributed by atoms with Crippen molar-refractivity contribution in [3.05, 3.63) is 0 Å². The minimum Gasteiger partial charge on any atom is -0.395 e. The number of hydrogen-bond acceptors (Lipinski definition) is 3. The Morgan fingerprint density at radius 3 is 2.71 bits per heavy atom. The van der Waals surface area contributed by atoms with Crippen LogP contribution in [0.25, 0.3) is 0 Å². The van der Waals surface area contributed by atoms with E-state index in [1.165, 1.54) is 38.5 Å². The molecule has 0 bridgehead atoms. The van der Waals surface area contributed by atoms with Crippen molar-refractivity contribution in [1.82, 2.24) is 10.2 Å². The number of nitrogens with zero attached hydrogens (tertiary/aromatic N) is 1. The molecule has 2 atom stereocenters. The van der Waals surface area contributed by atoms with Crippen molar-refractivity contribution in [2.45, 2.75) is 51.5 Å². The lowest BCUT2D eigenvalue weighted by molar-refractivity contribution is 0.181. The van der Waals surface area contributed by atoms with E-state index < -0.39 is 0 Å². The van der Waals surface area contributed by atoms with Gasteiger partial charge in [0, 0.05) is 19.1 Å². The van der Waals surface area contributed by atoms with Gasteiger partial charge >= 0.3 is 0 Å². The van der Waals surface area contributed by atoms with Crippen LogP contribution in [-0.4, -0.2) is 49.3 Å². The Morgan fingerprint density at radius 2 is 2.00 bits per heavy atom. The van der Waals surface area contributed by atoms with Gasteiger partial charge in [0.15, 0.2) is 0 Å². The van der Waals surface area contributed by atoms with Gasteiger partial charge in [0.2, 0.25) is 0 Å². The molecule has 0 heterocycles. The van der Waals surface area contributed by atoms with Crippen LogP contribution in [0.2, 0.25) is 0 Å². The van der Waals surface area contributed by atoms with Crippen LogP contribution < -0.4 is 5.32 Å². The van der Waals surface area contributed by atoms with Gasteiger partial charge in [-0.25, -0.2) is 0 Å². The Labute approximate surface area is 107 Å². The van der Waals surface area contributed by atoms with Gasteiger partial charge in [-0.15, -0.1) is 0 Å². The molecular formula is C14H30N2O. The van der Waals surface area contributed by atoms with Gasteiger partial charge < -0.3 is 15.3 Å². The molecule has 3 heteroatoms. The van der Waals surface area contributed by atoms with Crippen molar-refractivity contribution in [3.8, 4) is 0 Å². The Bertz CT molecular complexity index is 187. The SMILES string of the molecule is CCCNC1CCCCCC1CN(C)CCO. The molecule has 0 aromatic carbocycles. The third kappa shape index (κ3) is 5.84. The maximum absolute atomic E-state index is 8.97. The van der Waals surface area contributed by atoms with Gasteiger partial charge in [-0.05, 0) is 38.8 Å². The zero-order valence-electron chi connectivity index (χ0n) is 11.6. The lowest BCUT2D eigenvalue weighted by Gasteiger charge is -2.30. The van der Waals surface area contributed by atoms with E-state index in [4.69, 9.17) is 5.11 Å². The Kier molecular flexibility index (Phi) is 7.82. The molecule has 0 aromatic rings. The molecule has 17 heavy (non-hydrogen) atoms. The predicted octanol–water partition coefficient (Wildman–Crippen LogP) is 1.86. The molecule has 0 radical (unpaired) electrons. The highest BCUT2D eigenvalue weighted by molar-refractivity contribution is 4.81. The molecular weight excluding hydrogens is 212 g/mol. The summed E-state index contributed by atoms with van der Waals surface area (Å²) in [6, 6.07) is 0.693. The van der Waals surface area contributed by atoms with Crippen LogP contribution >= 0.6 is 0 Å². The number of likely N-dealkylation sites (N-methyl/N-ethyl adjacent to an activating group) is 1.